The summed E-state index contributed by atoms with van der Waals surface area (Å²) >= 11 is 4.89. The van der Waals surface area contributed by atoms with Gasteiger partial charge in [0.15, 0.2) is 0 Å². The summed E-state index contributed by atoms with van der Waals surface area (Å²) in [6.45, 7) is 1.84. The van der Waals surface area contributed by atoms with Crippen LogP contribution in [0.1, 0.15) is 12.0 Å². The maximum atomic E-state index is 11.5. The molecule has 0 spiro atoms. The Morgan fingerprint density at radius 1 is 1.24 bits per heavy atom. The van der Waals surface area contributed by atoms with E-state index in [4.69, 9.17) is 22.7 Å². The molecule has 0 unspecified atom stereocenters. The van der Waals surface area contributed by atoms with Gasteiger partial charge >= 0.3 is 0 Å². The third-order valence-corrected chi connectivity index (χ3v) is 3.23. The maximum absolute atomic E-state index is 11.5. The zero-order chi connectivity index (χ0) is 15.8. The largest absolute Gasteiger partial charge is 0.494 e. The smallest absolute Gasteiger partial charge is 0.236 e. The molecule has 1 rings (SSSR count). The van der Waals surface area contributed by atoms with E-state index in [1.54, 1.807) is 19.0 Å². The molecule has 0 saturated heterocycles. The number of carbonyl (C=O) groups is 1. The van der Waals surface area contributed by atoms with Crippen molar-refractivity contribution in [2.75, 3.05) is 40.8 Å². The quantitative estimate of drug-likeness (QED) is 0.576. The van der Waals surface area contributed by atoms with E-state index in [1.807, 2.05) is 36.2 Å². The molecule has 116 valence electrons. The second-order valence-electron chi connectivity index (χ2n) is 5.12. The van der Waals surface area contributed by atoms with E-state index in [1.165, 1.54) is 0 Å². The third-order valence-electron chi connectivity index (χ3n) is 3.00. The number of carbonyl (C=O) groups excluding carboxylic acids is 1. The zero-order valence-electron chi connectivity index (χ0n) is 12.8. The summed E-state index contributed by atoms with van der Waals surface area (Å²) in [7, 11) is 5.45. The lowest BCUT2D eigenvalue weighted by Crippen LogP contribution is -2.35. The summed E-state index contributed by atoms with van der Waals surface area (Å²) in [4.78, 5) is 15.5. The average Bonchev–Trinajstić information content (AvgIpc) is 2.44. The van der Waals surface area contributed by atoms with Gasteiger partial charge in [-0.2, -0.15) is 0 Å². The Balaban J connectivity index is 2.24. The zero-order valence-corrected chi connectivity index (χ0v) is 13.7. The monoisotopic (exact) mass is 309 g/mol. The number of ether oxygens (including phenoxy) is 1. The average molecular weight is 309 g/mol. The number of hydrogen-bond acceptors (Lipinski definition) is 4. The van der Waals surface area contributed by atoms with E-state index in [0.717, 1.165) is 24.3 Å². The van der Waals surface area contributed by atoms with Gasteiger partial charge in [0, 0.05) is 26.2 Å². The summed E-state index contributed by atoms with van der Waals surface area (Å²) in [6.07, 6.45) is 0.855. The Morgan fingerprint density at radius 2 is 1.86 bits per heavy atom. The van der Waals surface area contributed by atoms with Gasteiger partial charge in [0.05, 0.1) is 13.2 Å². The lowest BCUT2D eigenvalue weighted by molar-refractivity contribution is -0.129. The molecule has 0 fully saturated rings. The van der Waals surface area contributed by atoms with Crippen LogP contribution in [0.25, 0.3) is 0 Å². The molecule has 5 nitrogen and oxygen atoms in total. The standard InChI is InChI=1S/C15H23N3O2S/c1-17(2)14(19)11-18(3)9-4-10-20-13-7-5-12(6-8-13)15(16)21/h5-8H,4,9-11H2,1-3H3,(H2,16,21). The molecule has 0 radical (unpaired) electrons. The van der Waals surface area contributed by atoms with E-state index in [0.29, 0.717) is 18.1 Å². The fourth-order valence-corrected chi connectivity index (χ4v) is 1.83. The lowest BCUT2D eigenvalue weighted by atomic mass is 10.2. The van der Waals surface area contributed by atoms with Gasteiger partial charge in [0.2, 0.25) is 5.91 Å². The minimum Gasteiger partial charge on any atom is -0.494 e. The van der Waals surface area contributed by atoms with Gasteiger partial charge in [-0.15, -0.1) is 0 Å². The van der Waals surface area contributed by atoms with Crippen molar-refractivity contribution in [3.63, 3.8) is 0 Å². The number of likely N-dealkylation sites (N-methyl/N-ethyl adjacent to an activating group) is 2. The van der Waals surface area contributed by atoms with Crippen LogP contribution in [0.15, 0.2) is 24.3 Å². The van der Waals surface area contributed by atoms with Crippen LogP contribution in [0, 0.1) is 0 Å². The van der Waals surface area contributed by atoms with Crippen molar-refractivity contribution >= 4 is 23.1 Å². The first kappa shape index (κ1) is 17.4. The number of rotatable bonds is 8. The molecule has 0 heterocycles. The van der Waals surface area contributed by atoms with Gasteiger partial charge in [0.25, 0.3) is 0 Å². The highest BCUT2D eigenvalue weighted by Crippen LogP contribution is 2.12. The van der Waals surface area contributed by atoms with Crippen molar-refractivity contribution in [1.29, 1.82) is 0 Å². The van der Waals surface area contributed by atoms with E-state index >= 15 is 0 Å². The Kier molecular flexibility index (Phi) is 7.11. The predicted octanol–water partition coefficient (Wildman–Crippen LogP) is 1.11. The summed E-state index contributed by atoms with van der Waals surface area (Å²) in [6, 6.07) is 7.40. The van der Waals surface area contributed by atoms with Crippen LogP contribution in [0.2, 0.25) is 0 Å². The van der Waals surface area contributed by atoms with Gasteiger partial charge in [-0.3, -0.25) is 9.69 Å². The van der Waals surface area contributed by atoms with Gasteiger partial charge < -0.3 is 15.4 Å². The van der Waals surface area contributed by atoms with Crippen molar-refractivity contribution in [3.8, 4) is 5.75 Å². The first-order valence-corrected chi connectivity index (χ1v) is 7.22. The van der Waals surface area contributed by atoms with Gasteiger partial charge in [-0.25, -0.2) is 0 Å². The molecule has 2 N–H and O–H groups in total. The summed E-state index contributed by atoms with van der Waals surface area (Å²) in [5, 5.41) is 0. The molecule has 0 aromatic heterocycles. The highest BCUT2D eigenvalue weighted by molar-refractivity contribution is 7.80. The molecule has 1 aromatic rings. The molecule has 0 saturated carbocycles. The number of nitrogens with zero attached hydrogens (tertiary/aromatic N) is 2. The minimum atomic E-state index is 0.103. The molecule has 0 aliphatic rings. The van der Waals surface area contributed by atoms with Crippen molar-refractivity contribution in [2.24, 2.45) is 5.73 Å². The SMILES string of the molecule is CN(CCCOc1ccc(C(N)=S)cc1)CC(=O)N(C)C. The fraction of sp³-hybridized carbons (Fsp3) is 0.467. The van der Waals surface area contributed by atoms with E-state index in [-0.39, 0.29) is 5.91 Å². The van der Waals surface area contributed by atoms with Gasteiger partial charge in [0.1, 0.15) is 10.7 Å². The Labute approximate surface area is 131 Å². The number of thiocarbonyl (C=S) groups is 1. The summed E-state index contributed by atoms with van der Waals surface area (Å²) in [5.74, 6) is 0.897. The second-order valence-corrected chi connectivity index (χ2v) is 5.56. The van der Waals surface area contributed by atoms with Crippen molar-refractivity contribution in [3.05, 3.63) is 29.8 Å². The number of amides is 1. The molecule has 1 amide bonds. The lowest BCUT2D eigenvalue weighted by Gasteiger charge is -2.18. The van der Waals surface area contributed by atoms with Crippen LogP contribution in [0.4, 0.5) is 0 Å². The first-order chi connectivity index (χ1) is 9.90. The van der Waals surface area contributed by atoms with Crippen molar-refractivity contribution in [1.82, 2.24) is 9.80 Å². The molecule has 0 aliphatic carbocycles. The highest BCUT2D eigenvalue weighted by atomic mass is 32.1. The predicted molar refractivity (Wildman–Crippen MR) is 88.6 cm³/mol. The molecular weight excluding hydrogens is 286 g/mol. The minimum absolute atomic E-state index is 0.103. The topological polar surface area (TPSA) is 58.8 Å². The molecule has 1 aromatic carbocycles. The van der Waals surface area contributed by atoms with Crippen molar-refractivity contribution in [2.45, 2.75) is 6.42 Å². The maximum Gasteiger partial charge on any atom is 0.236 e. The Hall–Kier alpha value is -1.66. The summed E-state index contributed by atoms with van der Waals surface area (Å²) < 4.78 is 5.64. The first-order valence-electron chi connectivity index (χ1n) is 6.81. The fourth-order valence-electron chi connectivity index (χ4n) is 1.69. The molecule has 0 aliphatic heterocycles. The number of nitrogens with two attached hydrogens (primary N) is 1. The van der Waals surface area contributed by atoms with E-state index < -0.39 is 0 Å². The molecular formula is C15H23N3O2S. The normalized spacial score (nSPS) is 10.5. The second kappa shape index (κ2) is 8.59. The molecule has 0 atom stereocenters. The van der Waals surface area contributed by atoms with Gasteiger partial charge in [-0.1, -0.05) is 12.2 Å². The highest BCUT2D eigenvalue weighted by Gasteiger charge is 2.07. The van der Waals surface area contributed by atoms with Crippen LogP contribution >= 0.6 is 12.2 Å². The molecule has 21 heavy (non-hydrogen) atoms. The van der Waals surface area contributed by atoms with Crippen LogP contribution in [-0.4, -0.2) is 61.5 Å². The Morgan fingerprint density at radius 3 is 2.38 bits per heavy atom. The van der Waals surface area contributed by atoms with Gasteiger partial charge in [-0.05, 0) is 37.7 Å². The number of hydrogen-bond donors (Lipinski definition) is 1. The van der Waals surface area contributed by atoms with Crippen LogP contribution < -0.4 is 10.5 Å². The van der Waals surface area contributed by atoms with E-state index in [2.05, 4.69) is 0 Å². The van der Waals surface area contributed by atoms with Crippen LogP contribution in [-0.2, 0) is 4.79 Å². The van der Waals surface area contributed by atoms with Crippen LogP contribution in [0.5, 0.6) is 5.75 Å². The molecule has 6 heteroatoms. The van der Waals surface area contributed by atoms with Crippen molar-refractivity contribution < 1.29 is 9.53 Å². The number of benzene rings is 1. The molecule has 0 bridgehead atoms. The van der Waals surface area contributed by atoms with E-state index in [9.17, 15) is 4.79 Å². The van der Waals surface area contributed by atoms with Crippen LogP contribution in [0.3, 0.4) is 0 Å². The summed E-state index contributed by atoms with van der Waals surface area (Å²) in [5.41, 5.74) is 6.37. The third kappa shape index (κ3) is 6.55. The Bertz CT molecular complexity index is 474.